The van der Waals surface area contributed by atoms with Crippen LogP contribution < -0.4 is 10.1 Å². The predicted molar refractivity (Wildman–Crippen MR) is 116 cm³/mol. The van der Waals surface area contributed by atoms with E-state index in [9.17, 15) is 9.59 Å². The van der Waals surface area contributed by atoms with Crippen LogP contribution in [0.1, 0.15) is 58.6 Å². The van der Waals surface area contributed by atoms with Gasteiger partial charge in [-0.3, -0.25) is 14.5 Å². The first-order chi connectivity index (χ1) is 13.9. The Labute approximate surface area is 175 Å². The minimum Gasteiger partial charge on any atom is -0.494 e. The molecular formula is C23H37N3O3. The smallest absolute Gasteiger partial charge is 0.234 e. The summed E-state index contributed by atoms with van der Waals surface area (Å²) >= 11 is 0. The maximum Gasteiger partial charge on any atom is 0.234 e. The lowest BCUT2D eigenvalue weighted by Gasteiger charge is -2.34. The molecule has 1 atom stereocenters. The van der Waals surface area contributed by atoms with Crippen molar-refractivity contribution in [3.8, 4) is 5.75 Å². The van der Waals surface area contributed by atoms with Gasteiger partial charge in [-0.15, -0.1) is 0 Å². The van der Waals surface area contributed by atoms with Crippen molar-refractivity contribution in [3.05, 3.63) is 29.8 Å². The summed E-state index contributed by atoms with van der Waals surface area (Å²) in [5.74, 6) is 1.15. The van der Waals surface area contributed by atoms with Crippen molar-refractivity contribution < 1.29 is 14.3 Å². The molecule has 1 unspecified atom stereocenters. The molecule has 1 aliphatic rings. The molecule has 0 aliphatic carbocycles. The lowest BCUT2D eigenvalue weighted by Crippen LogP contribution is -2.46. The van der Waals surface area contributed by atoms with Crippen LogP contribution in [0.4, 0.5) is 0 Å². The minimum atomic E-state index is -0.0657. The summed E-state index contributed by atoms with van der Waals surface area (Å²) in [5, 5.41) is 3.16. The third-order valence-electron chi connectivity index (χ3n) is 5.76. The average molecular weight is 404 g/mol. The van der Waals surface area contributed by atoms with E-state index in [1.807, 2.05) is 57.0 Å². The summed E-state index contributed by atoms with van der Waals surface area (Å²) in [7, 11) is 1.87. The topological polar surface area (TPSA) is 61.9 Å². The maximum atomic E-state index is 12.7. The molecule has 1 heterocycles. The molecule has 29 heavy (non-hydrogen) atoms. The van der Waals surface area contributed by atoms with E-state index in [1.54, 1.807) is 0 Å². The summed E-state index contributed by atoms with van der Waals surface area (Å²) in [6.45, 7) is 10.6. The zero-order chi connectivity index (χ0) is 21.4. The van der Waals surface area contributed by atoms with Gasteiger partial charge in [0, 0.05) is 24.6 Å². The first-order valence-electron chi connectivity index (χ1n) is 10.9. The third-order valence-corrected chi connectivity index (χ3v) is 5.76. The van der Waals surface area contributed by atoms with Crippen LogP contribution in [0.2, 0.25) is 0 Å². The van der Waals surface area contributed by atoms with Crippen LogP contribution in [0, 0.1) is 5.92 Å². The van der Waals surface area contributed by atoms with Gasteiger partial charge in [0.2, 0.25) is 11.8 Å². The number of likely N-dealkylation sites (tertiary alicyclic amines) is 1. The van der Waals surface area contributed by atoms with Gasteiger partial charge in [0.05, 0.1) is 19.2 Å². The van der Waals surface area contributed by atoms with Gasteiger partial charge in [-0.2, -0.15) is 0 Å². The Balaban J connectivity index is 1.87. The second-order valence-electron chi connectivity index (χ2n) is 8.09. The van der Waals surface area contributed by atoms with E-state index >= 15 is 0 Å². The summed E-state index contributed by atoms with van der Waals surface area (Å²) in [6.07, 6.45) is 2.43. The molecule has 1 N–H and O–H groups in total. The van der Waals surface area contributed by atoms with Crippen molar-refractivity contribution in [1.29, 1.82) is 0 Å². The number of benzene rings is 1. The highest BCUT2D eigenvalue weighted by atomic mass is 16.5. The van der Waals surface area contributed by atoms with Crippen LogP contribution in [-0.4, -0.2) is 60.9 Å². The van der Waals surface area contributed by atoms with Gasteiger partial charge in [0.15, 0.2) is 0 Å². The van der Waals surface area contributed by atoms with Gasteiger partial charge in [0.25, 0.3) is 0 Å². The zero-order valence-corrected chi connectivity index (χ0v) is 18.6. The number of rotatable bonds is 9. The van der Waals surface area contributed by atoms with Gasteiger partial charge < -0.3 is 15.0 Å². The van der Waals surface area contributed by atoms with Crippen molar-refractivity contribution in [2.24, 2.45) is 5.92 Å². The number of carbonyl (C=O) groups excluding carboxylic acids is 2. The van der Waals surface area contributed by atoms with Crippen LogP contribution >= 0.6 is 0 Å². The van der Waals surface area contributed by atoms with Gasteiger partial charge in [-0.1, -0.05) is 25.1 Å². The Hall–Kier alpha value is -2.08. The second-order valence-corrected chi connectivity index (χ2v) is 8.09. The Morgan fingerprint density at radius 3 is 2.45 bits per heavy atom. The number of nitrogens with zero attached hydrogens (tertiary/aromatic N) is 2. The van der Waals surface area contributed by atoms with Crippen LogP contribution in [0.15, 0.2) is 24.3 Å². The van der Waals surface area contributed by atoms with Gasteiger partial charge in [0.1, 0.15) is 5.75 Å². The van der Waals surface area contributed by atoms with Crippen molar-refractivity contribution >= 4 is 11.8 Å². The molecular weight excluding hydrogens is 366 g/mol. The molecule has 1 fully saturated rings. The zero-order valence-electron chi connectivity index (χ0n) is 18.6. The fraction of sp³-hybridized carbons (Fsp3) is 0.652. The first kappa shape index (κ1) is 23.2. The monoisotopic (exact) mass is 403 g/mol. The number of ether oxygens (including phenoxy) is 1. The molecule has 0 radical (unpaired) electrons. The van der Waals surface area contributed by atoms with E-state index in [0.717, 1.165) is 43.7 Å². The number of para-hydroxylation sites is 1. The van der Waals surface area contributed by atoms with Crippen molar-refractivity contribution in [2.75, 3.05) is 33.3 Å². The Morgan fingerprint density at radius 2 is 1.86 bits per heavy atom. The quantitative estimate of drug-likeness (QED) is 0.688. The van der Waals surface area contributed by atoms with E-state index in [-0.39, 0.29) is 29.8 Å². The standard InChI is InChI=1S/C23H37N3O3/c1-6-20(19-10-8-9-11-21(19)29-7-2)24-22(27)16-26-14-12-18(13-15-26)23(28)25(5)17(3)4/h8-11,17-18,20H,6-7,12-16H2,1-5H3,(H,24,27). The summed E-state index contributed by atoms with van der Waals surface area (Å²) in [5.41, 5.74) is 1.02. The molecule has 2 rings (SSSR count). The van der Waals surface area contributed by atoms with Gasteiger partial charge in [-0.05, 0) is 59.2 Å². The molecule has 2 amide bonds. The Morgan fingerprint density at radius 1 is 1.21 bits per heavy atom. The van der Waals surface area contributed by atoms with E-state index < -0.39 is 0 Å². The largest absolute Gasteiger partial charge is 0.494 e. The fourth-order valence-electron chi connectivity index (χ4n) is 3.78. The molecule has 0 bridgehead atoms. The van der Waals surface area contributed by atoms with E-state index in [1.165, 1.54) is 0 Å². The molecule has 1 aromatic carbocycles. The van der Waals surface area contributed by atoms with Gasteiger partial charge >= 0.3 is 0 Å². The highest BCUT2D eigenvalue weighted by Gasteiger charge is 2.29. The molecule has 1 aliphatic heterocycles. The predicted octanol–water partition coefficient (Wildman–Crippen LogP) is 3.23. The molecule has 6 nitrogen and oxygen atoms in total. The highest BCUT2D eigenvalue weighted by Crippen LogP contribution is 2.27. The van der Waals surface area contributed by atoms with Crippen LogP contribution in [0.3, 0.4) is 0 Å². The number of hydrogen-bond donors (Lipinski definition) is 1. The van der Waals surface area contributed by atoms with Crippen molar-refractivity contribution in [3.63, 3.8) is 0 Å². The van der Waals surface area contributed by atoms with E-state index in [4.69, 9.17) is 4.74 Å². The maximum absolute atomic E-state index is 12.7. The normalized spacial score (nSPS) is 16.5. The number of amides is 2. The summed E-state index contributed by atoms with van der Waals surface area (Å²) in [6, 6.07) is 8.04. The third kappa shape index (κ3) is 6.46. The van der Waals surface area contributed by atoms with E-state index in [2.05, 4.69) is 17.1 Å². The number of hydrogen-bond acceptors (Lipinski definition) is 4. The Kier molecular flexibility index (Phi) is 8.96. The summed E-state index contributed by atoms with van der Waals surface area (Å²) < 4.78 is 5.72. The van der Waals surface area contributed by atoms with Crippen LogP contribution in [0.5, 0.6) is 5.75 Å². The minimum absolute atomic E-state index is 0.0206. The molecule has 0 saturated carbocycles. The summed E-state index contributed by atoms with van der Waals surface area (Å²) in [4.78, 5) is 29.2. The number of piperidine rings is 1. The van der Waals surface area contributed by atoms with Crippen molar-refractivity contribution in [2.45, 2.75) is 59.0 Å². The van der Waals surface area contributed by atoms with Crippen LogP contribution in [-0.2, 0) is 9.59 Å². The average Bonchev–Trinajstić information content (AvgIpc) is 2.72. The van der Waals surface area contributed by atoms with Crippen molar-refractivity contribution in [1.82, 2.24) is 15.1 Å². The van der Waals surface area contributed by atoms with Crippen LogP contribution in [0.25, 0.3) is 0 Å². The number of carbonyl (C=O) groups is 2. The molecule has 1 saturated heterocycles. The Bertz CT molecular complexity index is 669. The molecule has 6 heteroatoms. The number of nitrogens with one attached hydrogen (secondary N) is 1. The molecule has 162 valence electrons. The SMILES string of the molecule is CCOc1ccccc1C(CC)NC(=O)CN1CCC(C(=O)N(C)C(C)C)CC1. The second kappa shape index (κ2) is 11.2. The molecule has 1 aromatic rings. The lowest BCUT2D eigenvalue weighted by molar-refractivity contribution is -0.137. The fourth-order valence-corrected chi connectivity index (χ4v) is 3.78. The molecule has 0 spiro atoms. The van der Waals surface area contributed by atoms with E-state index in [0.29, 0.717) is 13.2 Å². The highest BCUT2D eigenvalue weighted by molar-refractivity contribution is 5.80. The molecule has 0 aromatic heterocycles. The first-order valence-corrected chi connectivity index (χ1v) is 10.9. The lowest BCUT2D eigenvalue weighted by atomic mass is 9.95. The van der Waals surface area contributed by atoms with Gasteiger partial charge in [-0.25, -0.2) is 0 Å².